The van der Waals surface area contributed by atoms with E-state index in [2.05, 4.69) is 10.3 Å². The highest BCUT2D eigenvalue weighted by Gasteiger charge is 2.21. The van der Waals surface area contributed by atoms with Crippen LogP contribution in [-0.4, -0.2) is 16.7 Å². The van der Waals surface area contributed by atoms with E-state index in [1.807, 2.05) is 0 Å². The Morgan fingerprint density at radius 1 is 1.12 bits per heavy atom. The molecule has 0 atom stereocenters. The Morgan fingerprint density at radius 3 is 2.46 bits per heavy atom. The van der Waals surface area contributed by atoms with Crippen molar-refractivity contribution in [3.63, 3.8) is 0 Å². The molecule has 1 aromatic carbocycles. The molecule has 4 nitrogen and oxygen atoms in total. The smallest absolute Gasteiger partial charge is 0.269 e. The SMILES string of the molecule is CC(=O)c1sc(NC(=O)c2sc3cc(Cl)cc(Cl)c3c2Cl)nc1C. The lowest BCUT2D eigenvalue weighted by Gasteiger charge is -1.99. The van der Waals surface area contributed by atoms with Gasteiger partial charge in [-0.15, -0.1) is 11.3 Å². The molecule has 0 radical (unpaired) electrons. The summed E-state index contributed by atoms with van der Waals surface area (Å²) in [5.41, 5.74) is 0.583. The summed E-state index contributed by atoms with van der Waals surface area (Å²) in [7, 11) is 0. The molecule has 2 heterocycles. The average Bonchev–Trinajstić information content (AvgIpc) is 2.99. The quantitative estimate of drug-likeness (QED) is 0.523. The molecule has 0 aliphatic rings. The number of nitrogens with one attached hydrogen (secondary N) is 1. The van der Waals surface area contributed by atoms with Crippen LogP contribution >= 0.6 is 57.5 Å². The van der Waals surface area contributed by atoms with Crippen LogP contribution in [0.2, 0.25) is 15.1 Å². The lowest BCUT2D eigenvalue weighted by Crippen LogP contribution is -2.10. The van der Waals surface area contributed by atoms with Crippen molar-refractivity contribution >= 4 is 84.4 Å². The number of anilines is 1. The fraction of sp³-hybridized carbons (Fsp3) is 0.133. The fourth-order valence-electron chi connectivity index (χ4n) is 2.19. The van der Waals surface area contributed by atoms with E-state index in [0.29, 0.717) is 36.0 Å². The van der Waals surface area contributed by atoms with E-state index in [0.717, 1.165) is 16.0 Å². The highest BCUT2D eigenvalue weighted by Crippen LogP contribution is 2.41. The van der Waals surface area contributed by atoms with Gasteiger partial charge in [0.15, 0.2) is 10.9 Å². The molecule has 124 valence electrons. The first-order valence-corrected chi connectivity index (χ1v) is 9.41. The Morgan fingerprint density at radius 2 is 1.83 bits per heavy atom. The molecule has 24 heavy (non-hydrogen) atoms. The Hall–Kier alpha value is -1.18. The van der Waals surface area contributed by atoms with E-state index < -0.39 is 5.91 Å². The van der Waals surface area contributed by atoms with Crippen LogP contribution in [0.1, 0.15) is 32.0 Å². The van der Waals surface area contributed by atoms with Gasteiger partial charge in [0.2, 0.25) is 0 Å². The zero-order valence-corrected chi connectivity index (χ0v) is 16.3. The van der Waals surface area contributed by atoms with Gasteiger partial charge < -0.3 is 0 Å². The van der Waals surface area contributed by atoms with E-state index in [9.17, 15) is 9.59 Å². The van der Waals surface area contributed by atoms with Crippen molar-refractivity contribution in [2.75, 3.05) is 5.32 Å². The number of benzene rings is 1. The maximum Gasteiger partial charge on any atom is 0.269 e. The van der Waals surface area contributed by atoms with Gasteiger partial charge in [-0.25, -0.2) is 4.98 Å². The van der Waals surface area contributed by atoms with Gasteiger partial charge in [-0.2, -0.15) is 0 Å². The fourth-order valence-corrected chi connectivity index (χ4v) is 5.32. The number of hydrogen-bond acceptors (Lipinski definition) is 5. The van der Waals surface area contributed by atoms with Crippen molar-refractivity contribution in [3.05, 3.63) is 42.6 Å². The Kier molecular flexibility index (Phi) is 4.86. The highest BCUT2D eigenvalue weighted by atomic mass is 35.5. The van der Waals surface area contributed by atoms with Crippen molar-refractivity contribution in [3.8, 4) is 0 Å². The number of aromatic nitrogens is 1. The third-order valence-corrected chi connectivity index (χ3v) is 6.51. The number of thiazole rings is 1. The number of carbonyl (C=O) groups excluding carboxylic acids is 2. The van der Waals surface area contributed by atoms with E-state index in [1.165, 1.54) is 18.3 Å². The second kappa shape index (κ2) is 6.61. The number of carbonyl (C=O) groups is 2. The van der Waals surface area contributed by atoms with Gasteiger partial charge in [0.05, 0.1) is 20.6 Å². The van der Waals surface area contributed by atoms with Crippen LogP contribution < -0.4 is 5.32 Å². The molecule has 2 aromatic heterocycles. The van der Waals surface area contributed by atoms with Gasteiger partial charge in [0.1, 0.15) is 4.88 Å². The van der Waals surface area contributed by atoms with E-state index >= 15 is 0 Å². The molecule has 3 aromatic rings. The predicted octanol–water partition coefficient (Wildman–Crippen LogP) is 6.08. The van der Waals surface area contributed by atoms with Gasteiger partial charge in [-0.3, -0.25) is 14.9 Å². The molecule has 1 N–H and O–H groups in total. The lowest BCUT2D eigenvalue weighted by atomic mass is 10.2. The van der Waals surface area contributed by atoms with E-state index in [1.54, 1.807) is 19.1 Å². The molecule has 0 fully saturated rings. The van der Waals surface area contributed by atoms with Crippen LogP contribution in [0, 0.1) is 6.92 Å². The number of aryl methyl sites for hydroxylation is 1. The Labute approximate surface area is 160 Å². The largest absolute Gasteiger partial charge is 0.297 e. The first-order valence-electron chi connectivity index (χ1n) is 6.64. The Bertz CT molecular complexity index is 994. The van der Waals surface area contributed by atoms with Gasteiger partial charge >= 0.3 is 0 Å². The minimum Gasteiger partial charge on any atom is -0.297 e. The summed E-state index contributed by atoms with van der Waals surface area (Å²) in [6, 6.07) is 3.28. The summed E-state index contributed by atoms with van der Waals surface area (Å²) in [6.07, 6.45) is 0. The highest BCUT2D eigenvalue weighted by molar-refractivity contribution is 7.22. The summed E-state index contributed by atoms with van der Waals surface area (Å²) >= 11 is 20.8. The molecule has 9 heteroatoms. The van der Waals surface area contributed by atoms with Crippen molar-refractivity contribution in [1.29, 1.82) is 0 Å². The summed E-state index contributed by atoms with van der Waals surface area (Å²) in [5.74, 6) is -0.496. The number of fused-ring (bicyclic) bond motifs is 1. The van der Waals surface area contributed by atoms with Gasteiger partial charge in [0, 0.05) is 22.0 Å². The molecule has 3 rings (SSSR count). The maximum atomic E-state index is 12.5. The van der Waals surface area contributed by atoms with Gasteiger partial charge in [0.25, 0.3) is 5.91 Å². The molecule has 0 aliphatic heterocycles. The van der Waals surface area contributed by atoms with E-state index in [4.69, 9.17) is 34.8 Å². The molecular formula is C15H9Cl3N2O2S2. The molecule has 0 bridgehead atoms. The minimum atomic E-state index is -0.405. The summed E-state index contributed by atoms with van der Waals surface area (Å²) in [5, 5.41) is 4.75. The second-order valence-electron chi connectivity index (χ2n) is 4.95. The number of amides is 1. The van der Waals surface area contributed by atoms with E-state index in [-0.39, 0.29) is 10.8 Å². The van der Waals surface area contributed by atoms with Crippen LogP contribution in [0.25, 0.3) is 10.1 Å². The van der Waals surface area contributed by atoms with Crippen molar-refractivity contribution in [2.45, 2.75) is 13.8 Å². The molecule has 1 amide bonds. The topological polar surface area (TPSA) is 59.1 Å². The standard InChI is InChI=1S/C15H9Cl3N2O2S2/c1-5-12(6(2)21)24-15(19-5)20-14(22)13-11(18)10-8(17)3-7(16)4-9(10)23-13/h3-4H,1-2H3,(H,19,20,22). The number of nitrogens with zero attached hydrogens (tertiary/aromatic N) is 1. The van der Waals surface area contributed by atoms with Crippen LogP contribution in [0.4, 0.5) is 5.13 Å². The van der Waals surface area contributed by atoms with Crippen LogP contribution in [0.5, 0.6) is 0 Å². The number of rotatable bonds is 3. The normalized spacial score (nSPS) is 11.0. The number of hydrogen-bond donors (Lipinski definition) is 1. The van der Waals surface area contributed by atoms with Gasteiger partial charge in [-0.05, 0) is 19.1 Å². The predicted molar refractivity (Wildman–Crippen MR) is 102 cm³/mol. The first-order chi connectivity index (χ1) is 11.3. The molecule has 0 aliphatic carbocycles. The third kappa shape index (κ3) is 3.17. The van der Waals surface area contributed by atoms with Crippen molar-refractivity contribution in [1.82, 2.24) is 4.98 Å². The maximum absolute atomic E-state index is 12.5. The number of halogens is 3. The molecule has 0 saturated carbocycles. The molecular weight excluding hydrogens is 411 g/mol. The lowest BCUT2D eigenvalue weighted by molar-refractivity contribution is 0.101. The molecule has 0 unspecified atom stereocenters. The Balaban J connectivity index is 1.97. The average molecular weight is 420 g/mol. The zero-order chi connectivity index (χ0) is 17.6. The van der Waals surface area contributed by atoms with Crippen molar-refractivity contribution in [2.24, 2.45) is 0 Å². The summed E-state index contributed by atoms with van der Waals surface area (Å²) in [6.45, 7) is 3.18. The summed E-state index contributed by atoms with van der Waals surface area (Å²) in [4.78, 5) is 29.0. The summed E-state index contributed by atoms with van der Waals surface area (Å²) < 4.78 is 0.724. The van der Waals surface area contributed by atoms with Crippen molar-refractivity contribution < 1.29 is 9.59 Å². The number of Topliss-reactive ketones (excluding diaryl/α,β-unsaturated/α-hetero) is 1. The van der Waals surface area contributed by atoms with Crippen LogP contribution in [-0.2, 0) is 0 Å². The second-order valence-corrected chi connectivity index (χ2v) is 8.22. The zero-order valence-electron chi connectivity index (χ0n) is 12.4. The van der Waals surface area contributed by atoms with Crippen LogP contribution in [0.15, 0.2) is 12.1 Å². The first kappa shape index (κ1) is 17.6. The third-order valence-electron chi connectivity index (χ3n) is 3.19. The van der Waals surface area contributed by atoms with Gasteiger partial charge in [-0.1, -0.05) is 46.1 Å². The molecule has 0 saturated heterocycles. The molecule has 0 spiro atoms. The monoisotopic (exact) mass is 418 g/mol. The number of ketones is 1. The minimum absolute atomic E-state index is 0.0909. The number of thiophene rings is 1. The van der Waals surface area contributed by atoms with Crippen LogP contribution in [0.3, 0.4) is 0 Å².